The lowest BCUT2D eigenvalue weighted by Crippen LogP contribution is -2.26. The van der Waals surface area contributed by atoms with Crippen LogP contribution in [-0.4, -0.2) is 67.9 Å². The standard InChI is InChI=1S/C19H19N3O.C18H19N3O.C15H20N4.2C2H6/c23-19-10-2-1-7-16(19)13-22(14-17-8-3-5-11-20-17)15-18-9-4-6-12-21-18;22-18-9-2-1-6-15(18)12-21(14-17-8-5-11-20-17)13-16-7-3-4-10-19-16;16-8-5-11-19(12-14-6-1-3-9-17-14)13-15-7-2-4-10-18-15;2*1-2/h1-12,23H,13-15H2;1-11,20,22H,12-14H2;1-4,6-7,9-10H,5,8,11-13,16H2;2*1-2H3. The van der Waals surface area contributed by atoms with Crippen molar-refractivity contribution in [1.82, 2.24) is 44.6 Å². The van der Waals surface area contributed by atoms with E-state index in [1.165, 1.54) is 0 Å². The zero-order chi connectivity index (χ0) is 48.4. The van der Waals surface area contributed by atoms with Crippen LogP contribution in [0.15, 0.2) is 189 Å². The second-order valence-electron chi connectivity index (χ2n) is 15.2. The van der Waals surface area contributed by atoms with E-state index in [1.807, 2.05) is 186 Å². The SMILES string of the molecule is CC.CC.NCCCN(Cc1ccccn1)Cc1ccccn1.Oc1ccccc1CN(Cc1ccccn1)Cc1ccc[nH]1.Oc1ccccc1CN(Cc1ccccn1)Cc1ccccn1. The van der Waals surface area contributed by atoms with Gasteiger partial charge in [-0.05, 0) is 97.9 Å². The number of rotatable bonds is 19. The number of pyridine rings is 5. The summed E-state index contributed by atoms with van der Waals surface area (Å²) in [6, 6.07) is 48.7. The number of phenols is 2. The fraction of sp³-hybridized carbons (Fsp3) is 0.268. The van der Waals surface area contributed by atoms with Crippen LogP contribution in [0.1, 0.15) is 79.4 Å². The number of H-pyrrole nitrogens is 1. The Morgan fingerprint density at radius 1 is 0.397 bits per heavy atom. The molecule has 2 aromatic carbocycles. The number of para-hydroxylation sites is 2. The van der Waals surface area contributed by atoms with Crippen molar-refractivity contribution in [3.63, 3.8) is 0 Å². The zero-order valence-corrected chi connectivity index (χ0v) is 40.2. The van der Waals surface area contributed by atoms with Gasteiger partial charge in [0.2, 0.25) is 0 Å². The van der Waals surface area contributed by atoms with E-state index in [2.05, 4.69) is 50.7 Å². The van der Waals surface area contributed by atoms with Gasteiger partial charge in [0.25, 0.3) is 0 Å². The van der Waals surface area contributed by atoms with Gasteiger partial charge in [-0.25, -0.2) is 0 Å². The van der Waals surface area contributed by atoms with E-state index in [9.17, 15) is 10.2 Å². The summed E-state index contributed by atoms with van der Waals surface area (Å²) >= 11 is 0. The molecule has 0 amide bonds. The number of nitrogens with one attached hydrogen (secondary N) is 1. The Hall–Kier alpha value is -7.09. The van der Waals surface area contributed by atoms with Crippen molar-refractivity contribution in [2.24, 2.45) is 5.73 Å². The highest BCUT2D eigenvalue weighted by atomic mass is 16.3. The molecule has 8 rings (SSSR count). The normalized spacial score (nSPS) is 10.4. The molecule has 0 radical (unpaired) electrons. The fourth-order valence-electron chi connectivity index (χ4n) is 6.95. The van der Waals surface area contributed by atoms with Crippen LogP contribution >= 0.6 is 0 Å². The second-order valence-corrected chi connectivity index (χ2v) is 15.2. The van der Waals surface area contributed by atoms with Crippen LogP contribution in [0, 0.1) is 0 Å². The second kappa shape index (κ2) is 32.6. The number of benzene rings is 2. The van der Waals surface area contributed by atoms with Crippen molar-refractivity contribution >= 4 is 0 Å². The Kier molecular flexibility index (Phi) is 25.6. The van der Waals surface area contributed by atoms with Crippen molar-refractivity contribution in [3.05, 3.63) is 234 Å². The predicted molar refractivity (Wildman–Crippen MR) is 275 cm³/mol. The van der Waals surface area contributed by atoms with Gasteiger partial charge in [0.05, 0.1) is 28.5 Å². The largest absolute Gasteiger partial charge is 0.508 e. The summed E-state index contributed by atoms with van der Waals surface area (Å²) in [4.78, 5) is 32.0. The summed E-state index contributed by atoms with van der Waals surface area (Å²) in [5.41, 5.74) is 13.7. The number of hydrogen-bond acceptors (Lipinski definition) is 11. The first-order chi connectivity index (χ1) is 33.5. The van der Waals surface area contributed by atoms with Crippen LogP contribution in [-0.2, 0) is 52.4 Å². The first-order valence-corrected chi connectivity index (χ1v) is 23.5. The summed E-state index contributed by atoms with van der Waals surface area (Å²) in [6.45, 7) is 15.5. The minimum atomic E-state index is 0.319. The lowest BCUT2D eigenvalue weighted by molar-refractivity contribution is 0.238. The molecule has 6 aromatic heterocycles. The number of aromatic hydroxyl groups is 2. The molecule has 356 valence electrons. The van der Waals surface area contributed by atoms with Crippen molar-refractivity contribution < 1.29 is 10.2 Å². The van der Waals surface area contributed by atoms with Crippen molar-refractivity contribution in [3.8, 4) is 11.5 Å². The molecule has 6 heterocycles. The molecular formula is C56H70N10O2. The number of nitrogens with zero attached hydrogens (tertiary/aromatic N) is 8. The Balaban J connectivity index is 0.000000215. The Morgan fingerprint density at radius 2 is 0.735 bits per heavy atom. The van der Waals surface area contributed by atoms with Crippen molar-refractivity contribution in [2.45, 2.75) is 86.5 Å². The molecule has 5 N–H and O–H groups in total. The van der Waals surface area contributed by atoms with Gasteiger partial charge in [-0.3, -0.25) is 39.6 Å². The molecule has 0 unspecified atom stereocenters. The third kappa shape index (κ3) is 20.6. The van der Waals surface area contributed by atoms with Crippen LogP contribution in [0.5, 0.6) is 11.5 Å². The maximum Gasteiger partial charge on any atom is 0.120 e. The lowest BCUT2D eigenvalue weighted by atomic mass is 10.1. The first-order valence-electron chi connectivity index (χ1n) is 23.5. The highest BCUT2D eigenvalue weighted by Gasteiger charge is 2.14. The van der Waals surface area contributed by atoms with Gasteiger partial charge in [0.15, 0.2) is 0 Å². The van der Waals surface area contributed by atoms with E-state index >= 15 is 0 Å². The topological polar surface area (TPSA) is 156 Å². The lowest BCUT2D eigenvalue weighted by Gasteiger charge is -2.22. The van der Waals surface area contributed by atoms with Crippen LogP contribution in [0.3, 0.4) is 0 Å². The molecule has 0 spiro atoms. The highest BCUT2D eigenvalue weighted by molar-refractivity contribution is 5.32. The minimum Gasteiger partial charge on any atom is -0.508 e. The molecule has 0 saturated carbocycles. The van der Waals surface area contributed by atoms with E-state index < -0.39 is 0 Å². The summed E-state index contributed by atoms with van der Waals surface area (Å²) in [5, 5.41) is 20.0. The van der Waals surface area contributed by atoms with Gasteiger partial charge in [-0.1, -0.05) is 94.4 Å². The maximum atomic E-state index is 10.0. The number of phenolic OH excluding ortho intramolecular Hbond substituents is 2. The van der Waals surface area contributed by atoms with Gasteiger partial charge in [0, 0.05) is 113 Å². The molecule has 68 heavy (non-hydrogen) atoms. The quantitative estimate of drug-likeness (QED) is 0.0612. The summed E-state index contributed by atoms with van der Waals surface area (Å²) < 4.78 is 0. The van der Waals surface area contributed by atoms with Gasteiger partial charge >= 0.3 is 0 Å². The molecule has 0 aliphatic carbocycles. The average molecular weight is 915 g/mol. The number of aromatic amines is 1. The third-order valence-corrected chi connectivity index (χ3v) is 10.1. The van der Waals surface area contributed by atoms with Gasteiger partial charge < -0.3 is 20.9 Å². The summed E-state index contributed by atoms with van der Waals surface area (Å²) in [5.74, 6) is 0.652. The van der Waals surface area contributed by atoms with Crippen LogP contribution in [0.4, 0.5) is 0 Å². The smallest absolute Gasteiger partial charge is 0.120 e. The number of hydrogen-bond donors (Lipinski definition) is 4. The first kappa shape index (κ1) is 53.5. The third-order valence-electron chi connectivity index (χ3n) is 10.1. The molecule has 0 saturated heterocycles. The predicted octanol–water partition coefficient (Wildman–Crippen LogP) is 10.6. The molecule has 12 heteroatoms. The van der Waals surface area contributed by atoms with Crippen molar-refractivity contribution in [2.75, 3.05) is 13.1 Å². The molecule has 0 aliphatic rings. The average Bonchev–Trinajstić information content (AvgIpc) is 3.91. The van der Waals surface area contributed by atoms with Crippen molar-refractivity contribution in [1.29, 1.82) is 0 Å². The van der Waals surface area contributed by atoms with Crippen LogP contribution < -0.4 is 5.73 Å². The molecule has 12 nitrogen and oxygen atoms in total. The van der Waals surface area contributed by atoms with E-state index in [0.29, 0.717) is 44.2 Å². The van der Waals surface area contributed by atoms with Crippen LogP contribution in [0.2, 0.25) is 0 Å². The van der Waals surface area contributed by atoms with Crippen LogP contribution in [0.25, 0.3) is 0 Å². The Labute approximate surface area is 404 Å². The molecule has 0 aliphatic heterocycles. The molecule has 0 fully saturated rings. The molecule has 0 atom stereocenters. The van der Waals surface area contributed by atoms with E-state index in [-0.39, 0.29) is 0 Å². The van der Waals surface area contributed by atoms with Gasteiger partial charge in [0.1, 0.15) is 11.5 Å². The monoisotopic (exact) mass is 915 g/mol. The summed E-state index contributed by atoms with van der Waals surface area (Å²) in [6.07, 6.45) is 12.0. The van der Waals surface area contributed by atoms with Gasteiger partial charge in [-0.2, -0.15) is 0 Å². The molecule has 8 aromatic rings. The molecule has 0 bridgehead atoms. The van der Waals surface area contributed by atoms with E-state index in [0.717, 1.165) is 84.4 Å². The summed E-state index contributed by atoms with van der Waals surface area (Å²) in [7, 11) is 0. The maximum absolute atomic E-state index is 10.0. The Bertz CT molecular complexity index is 2350. The highest BCUT2D eigenvalue weighted by Crippen LogP contribution is 2.21. The van der Waals surface area contributed by atoms with E-state index in [1.54, 1.807) is 24.5 Å². The number of aromatic nitrogens is 6. The molecular weight excluding hydrogens is 845 g/mol. The fourth-order valence-corrected chi connectivity index (χ4v) is 6.95. The van der Waals surface area contributed by atoms with Gasteiger partial charge in [-0.15, -0.1) is 0 Å². The van der Waals surface area contributed by atoms with E-state index in [4.69, 9.17) is 5.73 Å². The Morgan fingerprint density at radius 3 is 1.04 bits per heavy atom. The number of nitrogens with two attached hydrogens (primary N) is 1. The zero-order valence-electron chi connectivity index (χ0n) is 40.2. The minimum absolute atomic E-state index is 0.319.